The number of aryl methyl sites for hydroxylation is 2. The molecule has 1 saturated carbocycles. The van der Waals surface area contributed by atoms with Crippen molar-refractivity contribution < 1.29 is 4.79 Å². The number of anilines is 1. The normalized spacial score (nSPS) is 14.2. The van der Waals surface area contributed by atoms with Crippen molar-refractivity contribution in [1.82, 2.24) is 9.97 Å². The van der Waals surface area contributed by atoms with Crippen LogP contribution in [0.2, 0.25) is 0 Å². The van der Waals surface area contributed by atoms with Gasteiger partial charge in [0.2, 0.25) is 5.91 Å². The summed E-state index contributed by atoms with van der Waals surface area (Å²) in [4.78, 5) is 23.7. The summed E-state index contributed by atoms with van der Waals surface area (Å²) in [6.07, 6.45) is 7.71. The molecule has 110 valence electrons. The van der Waals surface area contributed by atoms with E-state index in [1.807, 2.05) is 18.8 Å². The minimum Gasteiger partial charge on any atom is -0.299 e. The highest BCUT2D eigenvalue weighted by Gasteiger charge is 2.33. The van der Waals surface area contributed by atoms with Gasteiger partial charge < -0.3 is 0 Å². The molecule has 0 spiro atoms. The third-order valence-electron chi connectivity index (χ3n) is 3.99. The van der Waals surface area contributed by atoms with Crippen LogP contribution in [0.25, 0.3) is 0 Å². The molecule has 21 heavy (non-hydrogen) atoms. The van der Waals surface area contributed by atoms with E-state index in [9.17, 15) is 4.79 Å². The highest BCUT2D eigenvalue weighted by molar-refractivity contribution is 7.09. The molecule has 2 heterocycles. The standard InChI is InChI=1S/C16H19N3OS/c1-11-12(5-6-14-9-17-10-21-14)7-8-18-15(11)19(2)16(20)13-3-4-13/h7-10,13H,3-6H2,1-2H3. The molecule has 1 aliphatic rings. The molecule has 4 nitrogen and oxygen atoms in total. The van der Waals surface area contributed by atoms with Crippen LogP contribution in [-0.2, 0) is 17.6 Å². The Morgan fingerprint density at radius 3 is 2.90 bits per heavy atom. The largest absolute Gasteiger partial charge is 0.299 e. The van der Waals surface area contributed by atoms with Crippen molar-refractivity contribution in [3.63, 3.8) is 0 Å². The van der Waals surface area contributed by atoms with Crippen molar-refractivity contribution in [1.29, 1.82) is 0 Å². The van der Waals surface area contributed by atoms with Gasteiger partial charge in [0.05, 0.1) is 5.51 Å². The van der Waals surface area contributed by atoms with Gasteiger partial charge in [-0.2, -0.15) is 0 Å². The Hall–Kier alpha value is -1.75. The first-order chi connectivity index (χ1) is 10.2. The van der Waals surface area contributed by atoms with Crippen LogP contribution in [-0.4, -0.2) is 22.9 Å². The molecule has 2 aromatic rings. The summed E-state index contributed by atoms with van der Waals surface area (Å²) in [7, 11) is 1.84. The lowest BCUT2D eigenvalue weighted by molar-refractivity contribution is -0.119. The number of rotatable bonds is 5. The van der Waals surface area contributed by atoms with Crippen LogP contribution in [0.15, 0.2) is 24.0 Å². The first kappa shape index (κ1) is 14.2. The highest BCUT2D eigenvalue weighted by Crippen LogP contribution is 2.32. The first-order valence-corrected chi connectivity index (χ1v) is 8.14. The number of carbonyl (C=O) groups excluding carboxylic acids is 1. The van der Waals surface area contributed by atoms with E-state index < -0.39 is 0 Å². The van der Waals surface area contributed by atoms with E-state index in [2.05, 4.69) is 23.0 Å². The van der Waals surface area contributed by atoms with Crippen LogP contribution in [0, 0.1) is 12.8 Å². The van der Waals surface area contributed by atoms with E-state index in [0.717, 1.165) is 37.1 Å². The van der Waals surface area contributed by atoms with Crippen LogP contribution in [0.5, 0.6) is 0 Å². The maximum atomic E-state index is 12.2. The first-order valence-electron chi connectivity index (χ1n) is 7.26. The number of pyridine rings is 1. The summed E-state index contributed by atoms with van der Waals surface area (Å²) in [6, 6.07) is 2.05. The van der Waals surface area contributed by atoms with Gasteiger partial charge in [0.1, 0.15) is 5.82 Å². The van der Waals surface area contributed by atoms with Crippen LogP contribution < -0.4 is 4.90 Å². The molecule has 0 aromatic carbocycles. The van der Waals surface area contributed by atoms with Gasteiger partial charge in [-0.15, -0.1) is 11.3 Å². The predicted molar refractivity (Wildman–Crippen MR) is 84.6 cm³/mol. The van der Waals surface area contributed by atoms with Crippen molar-refractivity contribution >= 4 is 23.1 Å². The van der Waals surface area contributed by atoms with Gasteiger partial charge in [-0.1, -0.05) is 0 Å². The van der Waals surface area contributed by atoms with E-state index >= 15 is 0 Å². The van der Waals surface area contributed by atoms with Gasteiger partial charge in [-0.3, -0.25) is 14.7 Å². The average Bonchev–Trinajstić information content (AvgIpc) is 3.21. The van der Waals surface area contributed by atoms with Crippen molar-refractivity contribution in [2.24, 2.45) is 5.92 Å². The minimum absolute atomic E-state index is 0.199. The van der Waals surface area contributed by atoms with Gasteiger partial charge in [0, 0.05) is 30.2 Å². The van der Waals surface area contributed by atoms with Crippen LogP contribution in [0.1, 0.15) is 28.8 Å². The number of thiazole rings is 1. The topological polar surface area (TPSA) is 46.1 Å². The highest BCUT2D eigenvalue weighted by atomic mass is 32.1. The van der Waals surface area contributed by atoms with Gasteiger partial charge in [-0.05, 0) is 49.8 Å². The third-order valence-corrected chi connectivity index (χ3v) is 4.83. The Bertz CT molecular complexity index is 635. The molecular formula is C16H19N3OS. The molecule has 0 aliphatic heterocycles. The number of aromatic nitrogens is 2. The fourth-order valence-corrected chi connectivity index (χ4v) is 3.10. The summed E-state index contributed by atoms with van der Waals surface area (Å²) >= 11 is 1.68. The van der Waals surface area contributed by atoms with E-state index in [0.29, 0.717) is 0 Å². The minimum atomic E-state index is 0.199. The van der Waals surface area contributed by atoms with Gasteiger partial charge in [-0.25, -0.2) is 4.98 Å². The molecule has 1 fully saturated rings. The van der Waals surface area contributed by atoms with Crippen molar-refractivity contribution in [2.75, 3.05) is 11.9 Å². The van der Waals surface area contributed by atoms with E-state index in [1.54, 1.807) is 22.4 Å². The molecule has 5 heteroatoms. The fourth-order valence-electron chi connectivity index (χ4n) is 2.50. The SMILES string of the molecule is Cc1c(CCc2cncs2)ccnc1N(C)C(=O)C1CC1. The lowest BCUT2D eigenvalue weighted by Gasteiger charge is -2.19. The Balaban J connectivity index is 1.76. The zero-order chi connectivity index (χ0) is 14.8. The fraction of sp³-hybridized carbons (Fsp3) is 0.438. The molecule has 1 amide bonds. The Labute approximate surface area is 128 Å². The van der Waals surface area contributed by atoms with E-state index in [-0.39, 0.29) is 11.8 Å². The number of hydrogen-bond acceptors (Lipinski definition) is 4. The maximum absolute atomic E-state index is 12.2. The molecular weight excluding hydrogens is 282 g/mol. The molecule has 0 N–H and O–H groups in total. The summed E-state index contributed by atoms with van der Waals surface area (Å²) in [5.41, 5.74) is 4.23. The molecule has 0 atom stereocenters. The van der Waals surface area contributed by atoms with Crippen molar-refractivity contribution in [3.8, 4) is 0 Å². The Morgan fingerprint density at radius 1 is 1.43 bits per heavy atom. The molecule has 0 unspecified atom stereocenters. The molecule has 3 rings (SSSR count). The second kappa shape index (κ2) is 5.93. The third kappa shape index (κ3) is 3.13. The number of amides is 1. The Morgan fingerprint density at radius 2 is 2.24 bits per heavy atom. The number of nitrogens with zero attached hydrogens (tertiary/aromatic N) is 3. The quantitative estimate of drug-likeness (QED) is 0.853. The molecule has 0 radical (unpaired) electrons. The number of hydrogen-bond donors (Lipinski definition) is 0. The van der Waals surface area contributed by atoms with Gasteiger partial charge in [0.15, 0.2) is 0 Å². The summed E-state index contributed by atoms with van der Waals surface area (Å²) in [6.45, 7) is 2.06. The van der Waals surface area contributed by atoms with E-state index in [4.69, 9.17) is 0 Å². The molecule has 1 aliphatic carbocycles. The van der Waals surface area contributed by atoms with Gasteiger partial charge >= 0.3 is 0 Å². The Kier molecular flexibility index (Phi) is 4.01. The van der Waals surface area contributed by atoms with E-state index in [1.165, 1.54) is 10.4 Å². The summed E-state index contributed by atoms with van der Waals surface area (Å²) in [5, 5.41) is 0. The zero-order valence-electron chi connectivity index (χ0n) is 12.4. The zero-order valence-corrected chi connectivity index (χ0v) is 13.2. The van der Waals surface area contributed by atoms with Crippen molar-refractivity contribution in [3.05, 3.63) is 40.0 Å². The van der Waals surface area contributed by atoms with Crippen LogP contribution in [0.3, 0.4) is 0 Å². The average molecular weight is 301 g/mol. The van der Waals surface area contributed by atoms with Gasteiger partial charge in [0.25, 0.3) is 0 Å². The molecule has 0 saturated heterocycles. The lowest BCUT2D eigenvalue weighted by atomic mass is 10.0. The molecule has 2 aromatic heterocycles. The summed E-state index contributed by atoms with van der Waals surface area (Å²) < 4.78 is 0. The number of carbonyl (C=O) groups is 1. The monoisotopic (exact) mass is 301 g/mol. The second-order valence-electron chi connectivity index (χ2n) is 5.56. The van der Waals surface area contributed by atoms with Crippen LogP contribution >= 0.6 is 11.3 Å². The van der Waals surface area contributed by atoms with Crippen molar-refractivity contribution in [2.45, 2.75) is 32.6 Å². The lowest BCUT2D eigenvalue weighted by Crippen LogP contribution is -2.29. The molecule has 0 bridgehead atoms. The smallest absolute Gasteiger partial charge is 0.230 e. The summed E-state index contributed by atoms with van der Waals surface area (Å²) in [5.74, 6) is 1.22. The maximum Gasteiger partial charge on any atom is 0.230 e. The second-order valence-corrected chi connectivity index (χ2v) is 6.53. The predicted octanol–water partition coefficient (Wildman–Crippen LogP) is 3.00. The van der Waals surface area contributed by atoms with Crippen LogP contribution in [0.4, 0.5) is 5.82 Å².